The maximum Gasteiger partial charge on any atom is 0.438 e. The number of carbonyl (C=O) groups excluding carboxylic acids is 2. The van der Waals surface area contributed by atoms with Crippen LogP contribution < -0.4 is 16.0 Å². The van der Waals surface area contributed by atoms with Crippen LogP contribution in [0.5, 0.6) is 0 Å². The molecule has 3 rings (SSSR count). The molecule has 0 radical (unpaired) electrons. The van der Waals surface area contributed by atoms with Crippen molar-refractivity contribution in [2.45, 2.75) is 13.8 Å². The minimum absolute atomic E-state index is 0.0844. The molecular formula is C15H15N4O5S+. The number of ether oxygens (including phenoxy) is 1. The number of pyridine rings is 1. The molecule has 3 aromatic rings. The minimum Gasteiger partial charge on any atom is -0.462 e. The van der Waals surface area contributed by atoms with Crippen LogP contribution in [0.15, 0.2) is 15.4 Å². The Morgan fingerprint density at radius 1 is 1.48 bits per heavy atom. The number of nitrogens with two attached hydrogens (primary N) is 1. The summed E-state index contributed by atoms with van der Waals surface area (Å²) < 4.78 is 10.8. The molecule has 0 fully saturated rings. The molecule has 0 aliphatic heterocycles. The Morgan fingerprint density at radius 2 is 2.20 bits per heavy atom. The zero-order chi connectivity index (χ0) is 18.3. The maximum atomic E-state index is 12.7. The van der Waals surface area contributed by atoms with Crippen LogP contribution >= 0.6 is 11.3 Å². The van der Waals surface area contributed by atoms with E-state index in [1.165, 1.54) is 11.7 Å². The number of nitrogens with one attached hydrogen (secondary N) is 1. The zero-order valence-corrected chi connectivity index (χ0v) is 14.5. The monoisotopic (exact) mass is 363 g/mol. The van der Waals surface area contributed by atoms with E-state index in [2.05, 4.69) is 14.8 Å². The molecule has 130 valence electrons. The number of H-pyrrole nitrogens is 1. The lowest BCUT2D eigenvalue weighted by Gasteiger charge is -2.05. The van der Waals surface area contributed by atoms with Gasteiger partial charge in [-0.3, -0.25) is 9.32 Å². The van der Waals surface area contributed by atoms with Gasteiger partial charge in [-0.25, -0.2) is 14.6 Å². The summed E-state index contributed by atoms with van der Waals surface area (Å²) in [5.74, 6) is -1.15. The lowest BCUT2D eigenvalue weighted by Crippen LogP contribution is -2.39. The van der Waals surface area contributed by atoms with Crippen molar-refractivity contribution in [2.24, 2.45) is 7.05 Å². The average molecular weight is 363 g/mol. The highest BCUT2D eigenvalue weighted by atomic mass is 32.1. The van der Waals surface area contributed by atoms with Gasteiger partial charge in [0.1, 0.15) is 9.71 Å². The van der Waals surface area contributed by atoms with Gasteiger partial charge in [0.05, 0.1) is 17.9 Å². The number of nitrogen functional groups attached to an aromatic ring is 1. The normalized spacial score (nSPS) is 11.0. The summed E-state index contributed by atoms with van der Waals surface area (Å²) in [6.07, 6.45) is 0. The molecule has 0 amide bonds. The van der Waals surface area contributed by atoms with Crippen molar-refractivity contribution in [1.29, 1.82) is 0 Å². The van der Waals surface area contributed by atoms with Gasteiger partial charge in [0.25, 0.3) is 5.78 Å². The number of aromatic amines is 1. The molecular weight excluding hydrogens is 348 g/mol. The number of aryl methyl sites for hydroxylation is 2. The predicted octanol–water partition coefficient (Wildman–Crippen LogP) is 0.700. The van der Waals surface area contributed by atoms with Crippen molar-refractivity contribution in [2.75, 3.05) is 12.3 Å². The van der Waals surface area contributed by atoms with Crippen LogP contribution in [0.3, 0.4) is 0 Å². The van der Waals surface area contributed by atoms with Crippen LogP contribution in [-0.2, 0) is 11.8 Å². The number of hydrogen-bond acceptors (Lipinski definition) is 8. The fourth-order valence-electron chi connectivity index (χ4n) is 2.48. The number of aromatic nitrogens is 3. The lowest BCUT2D eigenvalue weighted by molar-refractivity contribution is -0.741. The Balaban J connectivity index is 2.24. The van der Waals surface area contributed by atoms with E-state index in [1.807, 2.05) is 0 Å². The standard InChI is InChI=1S/C15H14N4O5S/c1-4-23-14(21)7-5-6(2)17-13-8(7)9(16)12(25-13)11(20)10-15(22)24-18-19(10)3/h5H,4H2,1-3H3,(H2-,16,18,20,22)/p+1. The number of anilines is 1. The van der Waals surface area contributed by atoms with Gasteiger partial charge in [-0.05, 0) is 25.2 Å². The van der Waals surface area contributed by atoms with Crippen molar-refractivity contribution in [1.82, 2.24) is 10.3 Å². The van der Waals surface area contributed by atoms with Crippen LogP contribution in [0.1, 0.15) is 38.3 Å². The van der Waals surface area contributed by atoms with Crippen LogP contribution in [0.25, 0.3) is 10.2 Å². The first-order valence-corrected chi connectivity index (χ1v) is 8.15. The van der Waals surface area contributed by atoms with Crippen molar-refractivity contribution in [3.05, 3.63) is 38.3 Å². The third kappa shape index (κ3) is 2.70. The van der Waals surface area contributed by atoms with Gasteiger partial charge in [-0.1, -0.05) is 4.68 Å². The second-order valence-electron chi connectivity index (χ2n) is 5.27. The van der Waals surface area contributed by atoms with E-state index in [0.717, 1.165) is 11.3 Å². The summed E-state index contributed by atoms with van der Waals surface area (Å²) in [5, 5.41) is 2.63. The van der Waals surface area contributed by atoms with E-state index in [-0.39, 0.29) is 28.4 Å². The van der Waals surface area contributed by atoms with E-state index >= 15 is 0 Å². The molecule has 9 nitrogen and oxygen atoms in total. The summed E-state index contributed by atoms with van der Waals surface area (Å²) >= 11 is 1.01. The maximum absolute atomic E-state index is 12.7. The molecule has 0 aliphatic rings. The second-order valence-corrected chi connectivity index (χ2v) is 6.27. The molecule has 3 heterocycles. The number of carbonyl (C=O) groups is 2. The van der Waals surface area contributed by atoms with Gasteiger partial charge in [-0.2, -0.15) is 0 Å². The Bertz CT molecular complexity index is 1060. The van der Waals surface area contributed by atoms with E-state index < -0.39 is 17.4 Å². The summed E-state index contributed by atoms with van der Waals surface area (Å²) in [6, 6.07) is 1.56. The first-order chi connectivity index (χ1) is 11.8. The van der Waals surface area contributed by atoms with Gasteiger partial charge in [0.15, 0.2) is 7.05 Å². The summed E-state index contributed by atoms with van der Waals surface area (Å²) in [5.41, 5.74) is 6.02. The number of hydrogen-bond donors (Lipinski definition) is 2. The lowest BCUT2D eigenvalue weighted by atomic mass is 10.1. The summed E-state index contributed by atoms with van der Waals surface area (Å²) in [6.45, 7) is 3.62. The molecule has 0 saturated carbocycles. The molecule has 10 heteroatoms. The molecule has 25 heavy (non-hydrogen) atoms. The third-order valence-corrected chi connectivity index (χ3v) is 4.65. The number of nitrogens with zero attached hydrogens (tertiary/aromatic N) is 2. The molecule has 0 saturated heterocycles. The molecule has 0 aliphatic carbocycles. The molecule has 0 spiro atoms. The van der Waals surface area contributed by atoms with Gasteiger partial charge in [0.2, 0.25) is 0 Å². The molecule has 3 N–H and O–H groups in total. The Kier molecular flexibility index (Phi) is 4.13. The zero-order valence-electron chi connectivity index (χ0n) is 13.7. The van der Waals surface area contributed by atoms with Crippen molar-refractivity contribution in [3.8, 4) is 0 Å². The third-order valence-electron chi connectivity index (χ3n) is 3.55. The quantitative estimate of drug-likeness (QED) is 0.396. The first kappa shape index (κ1) is 16.8. The van der Waals surface area contributed by atoms with Gasteiger partial charge in [0, 0.05) is 11.1 Å². The number of rotatable bonds is 4. The number of esters is 1. The predicted molar refractivity (Wildman–Crippen MR) is 88.7 cm³/mol. The highest BCUT2D eigenvalue weighted by Crippen LogP contribution is 2.36. The smallest absolute Gasteiger partial charge is 0.438 e. The number of thiophene rings is 1. The highest BCUT2D eigenvalue weighted by Gasteiger charge is 2.32. The van der Waals surface area contributed by atoms with Crippen molar-refractivity contribution < 1.29 is 23.5 Å². The van der Waals surface area contributed by atoms with Crippen LogP contribution in [0.4, 0.5) is 5.69 Å². The second kappa shape index (κ2) is 6.13. The Labute approximate surface area is 145 Å². The number of fused-ring (bicyclic) bond motifs is 1. The van der Waals surface area contributed by atoms with Gasteiger partial charge < -0.3 is 10.5 Å². The molecule has 0 aromatic carbocycles. The first-order valence-electron chi connectivity index (χ1n) is 7.34. The van der Waals surface area contributed by atoms with Crippen LogP contribution in [0.2, 0.25) is 0 Å². The van der Waals surface area contributed by atoms with E-state index in [1.54, 1.807) is 19.9 Å². The molecule has 0 bridgehead atoms. The topological polar surface area (TPSA) is 132 Å². The van der Waals surface area contributed by atoms with Gasteiger partial charge in [-0.15, -0.1) is 11.3 Å². The van der Waals surface area contributed by atoms with E-state index in [9.17, 15) is 14.4 Å². The highest BCUT2D eigenvalue weighted by molar-refractivity contribution is 7.21. The fraction of sp³-hybridized carbons (Fsp3) is 0.267. The van der Waals surface area contributed by atoms with Crippen molar-refractivity contribution >= 4 is 39.0 Å². The Morgan fingerprint density at radius 3 is 2.80 bits per heavy atom. The summed E-state index contributed by atoms with van der Waals surface area (Å²) in [4.78, 5) is 41.5. The van der Waals surface area contributed by atoms with Crippen molar-refractivity contribution in [3.63, 3.8) is 0 Å². The van der Waals surface area contributed by atoms with E-state index in [4.69, 9.17) is 10.5 Å². The fourth-order valence-corrected chi connectivity index (χ4v) is 3.58. The van der Waals surface area contributed by atoms with Gasteiger partial charge >= 0.3 is 17.3 Å². The minimum atomic E-state index is -0.806. The Hall–Kier alpha value is -3.01. The van der Waals surface area contributed by atoms with E-state index in [0.29, 0.717) is 15.9 Å². The summed E-state index contributed by atoms with van der Waals surface area (Å²) in [7, 11) is 1.47. The van der Waals surface area contributed by atoms with Crippen LogP contribution in [0, 0.1) is 6.92 Å². The number of ketones is 1. The molecule has 0 atom stereocenters. The average Bonchev–Trinajstić information content (AvgIpc) is 3.06. The van der Waals surface area contributed by atoms with Crippen LogP contribution in [-0.4, -0.2) is 28.6 Å². The largest absolute Gasteiger partial charge is 0.462 e. The SMILES string of the molecule is CCOC(=O)c1cc(C)nc2sc(C(=O)c3c(=O)o[nH][n+]3C)c(N)c12. The molecule has 3 aromatic heterocycles. The molecule has 0 unspecified atom stereocenters.